The molecule has 1 N–H and O–H groups in total. The number of ether oxygens (including phenoxy) is 2. The molecule has 0 fully saturated rings. The number of hydrogen-bond donors (Lipinski definition) is 1. The lowest BCUT2D eigenvalue weighted by atomic mass is 10.3. The highest BCUT2D eigenvalue weighted by atomic mass is 35.5. The average molecular weight is 352 g/mol. The second-order valence-electron chi connectivity index (χ2n) is 3.85. The van der Waals surface area contributed by atoms with Crippen molar-refractivity contribution in [2.75, 3.05) is 11.5 Å². The van der Waals surface area contributed by atoms with Gasteiger partial charge in [-0.25, -0.2) is 8.42 Å². The molecule has 5 nitrogen and oxygen atoms in total. The van der Waals surface area contributed by atoms with Crippen LogP contribution in [0.5, 0.6) is 11.5 Å². The molecule has 1 aromatic heterocycles. The van der Waals surface area contributed by atoms with Gasteiger partial charge < -0.3 is 9.47 Å². The molecule has 0 unspecified atom stereocenters. The van der Waals surface area contributed by atoms with Gasteiger partial charge in [0.25, 0.3) is 10.0 Å². The fourth-order valence-electron chi connectivity index (χ4n) is 1.63. The van der Waals surface area contributed by atoms with E-state index in [9.17, 15) is 8.42 Å². The first kappa shape index (κ1) is 13.8. The van der Waals surface area contributed by atoms with Crippen molar-refractivity contribution >= 4 is 50.2 Å². The Morgan fingerprint density at radius 3 is 2.50 bits per heavy atom. The van der Waals surface area contributed by atoms with Crippen molar-refractivity contribution in [1.82, 2.24) is 0 Å². The summed E-state index contributed by atoms with van der Waals surface area (Å²) >= 11 is 12.7. The molecule has 20 heavy (non-hydrogen) atoms. The minimum absolute atomic E-state index is 0.0857. The van der Waals surface area contributed by atoms with E-state index in [1.165, 1.54) is 24.3 Å². The number of hydrogen-bond acceptors (Lipinski definition) is 5. The predicted molar refractivity (Wildman–Crippen MR) is 77.7 cm³/mol. The van der Waals surface area contributed by atoms with E-state index >= 15 is 0 Å². The normalized spacial score (nSPS) is 13.5. The highest BCUT2D eigenvalue weighted by Crippen LogP contribution is 2.40. The Bertz CT molecular complexity index is 773. The van der Waals surface area contributed by atoms with Crippen molar-refractivity contribution in [2.24, 2.45) is 0 Å². The Kier molecular flexibility index (Phi) is 3.45. The molecule has 9 heteroatoms. The van der Waals surface area contributed by atoms with Crippen molar-refractivity contribution in [3.63, 3.8) is 0 Å². The van der Waals surface area contributed by atoms with Crippen LogP contribution in [0.1, 0.15) is 0 Å². The van der Waals surface area contributed by atoms with Crippen LogP contribution >= 0.6 is 34.5 Å². The minimum atomic E-state index is -3.73. The first-order chi connectivity index (χ1) is 9.45. The van der Waals surface area contributed by atoms with Gasteiger partial charge >= 0.3 is 0 Å². The Hall–Kier alpha value is -1.15. The van der Waals surface area contributed by atoms with Crippen LogP contribution in [0.15, 0.2) is 28.5 Å². The number of benzene rings is 1. The van der Waals surface area contributed by atoms with E-state index in [0.717, 1.165) is 11.3 Å². The van der Waals surface area contributed by atoms with Gasteiger partial charge in [-0.3, -0.25) is 4.72 Å². The summed E-state index contributed by atoms with van der Waals surface area (Å²) in [6.07, 6.45) is 0. The first-order valence-corrected chi connectivity index (χ1v) is 8.38. The molecule has 3 rings (SSSR count). The summed E-state index contributed by atoms with van der Waals surface area (Å²) in [5, 5.41) is 0.223. The van der Waals surface area contributed by atoms with Gasteiger partial charge in [-0.15, -0.1) is 11.3 Å². The molecule has 0 saturated heterocycles. The Morgan fingerprint density at radius 1 is 1.15 bits per heavy atom. The van der Waals surface area contributed by atoms with Crippen LogP contribution in [0, 0.1) is 0 Å². The predicted octanol–water partition coefficient (Wildman–Crippen LogP) is 3.58. The van der Waals surface area contributed by atoms with E-state index in [2.05, 4.69) is 4.72 Å². The summed E-state index contributed by atoms with van der Waals surface area (Å²) in [5.74, 6) is 0.924. The molecule has 0 spiro atoms. The molecular weight excluding hydrogens is 345 g/mol. The molecule has 2 heterocycles. The zero-order valence-electron chi connectivity index (χ0n) is 9.72. The molecule has 0 saturated carbocycles. The van der Waals surface area contributed by atoms with Gasteiger partial charge in [-0.1, -0.05) is 23.2 Å². The highest BCUT2D eigenvalue weighted by molar-refractivity contribution is 7.94. The smallest absolute Gasteiger partial charge is 0.271 e. The zero-order valence-corrected chi connectivity index (χ0v) is 12.9. The second kappa shape index (κ2) is 5.00. The summed E-state index contributed by atoms with van der Waals surface area (Å²) in [4.78, 5) is 0. The van der Waals surface area contributed by atoms with Gasteiger partial charge in [-0.2, -0.15) is 0 Å². The summed E-state index contributed by atoms with van der Waals surface area (Å²) in [5.41, 5.74) is 0.223. The highest BCUT2D eigenvalue weighted by Gasteiger charge is 2.21. The maximum absolute atomic E-state index is 12.2. The van der Waals surface area contributed by atoms with Crippen molar-refractivity contribution in [3.8, 4) is 11.5 Å². The summed E-state index contributed by atoms with van der Waals surface area (Å²) in [6, 6.07) is 5.93. The number of rotatable bonds is 3. The molecule has 106 valence electrons. The van der Waals surface area contributed by atoms with Gasteiger partial charge in [-0.05, 0) is 12.1 Å². The molecule has 0 bridgehead atoms. The number of sulfonamides is 1. The van der Waals surface area contributed by atoms with Crippen molar-refractivity contribution in [3.05, 3.63) is 33.6 Å². The monoisotopic (exact) mass is 351 g/mol. The van der Waals surface area contributed by atoms with E-state index in [1.54, 1.807) is 0 Å². The third-order valence-electron chi connectivity index (χ3n) is 2.52. The molecular formula is C11H7Cl2NO4S2. The van der Waals surface area contributed by atoms with Crippen LogP contribution in [0.3, 0.4) is 0 Å². The molecule has 0 amide bonds. The summed E-state index contributed by atoms with van der Waals surface area (Å²) < 4.78 is 37.6. The van der Waals surface area contributed by atoms with Crippen molar-refractivity contribution < 1.29 is 17.9 Å². The SMILES string of the molecule is O=S(=O)(Nc1cc2c(cc1Cl)OCO2)c1ccc(Cl)s1. The van der Waals surface area contributed by atoms with E-state index in [4.69, 9.17) is 32.7 Å². The fourth-order valence-corrected chi connectivity index (χ4v) is 4.44. The summed E-state index contributed by atoms with van der Waals surface area (Å²) in [6.45, 7) is 0.0857. The molecule has 0 aliphatic carbocycles. The van der Waals surface area contributed by atoms with E-state index < -0.39 is 10.0 Å². The lowest BCUT2D eigenvalue weighted by Crippen LogP contribution is -2.11. The second-order valence-corrected chi connectivity index (χ2v) is 7.88. The van der Waals surface area contributed by atoms with E-state index in [1.807, 2.05) is 0 Å². The zero-order chi connectivity index (χ0) is 14.3. The molecule has 0 radical (unpaired) electrons. The van der Waals surface area contributed by atoms with E-state index in [-0.39, 0.29) is 21.7 Å². The maximum Gasteiger partial charge on any atom is 0.271 e. The van der Waals surface area contributed by atoms with Crippen LogP contribution in [-0.2, 0) is 10.0 Å². The Morgan fingerprint density at radius 2 is 1.85 bits per heavy atom. The maximum atomic E-state index is 12.2. The quantitative estimate of drug-likeness (QED) is 0.917. The topological polar surface area (TPSA) is 64.6 Å². The lowest BCUT2D eigenvalue weighted by molar-refractivity contribution is 0.174. The Balaban J connectivity index is 1.95. The van der Waals surface area contributed by atoms with Gasteiger partial charge in [0.2, 0.25) is 6.79 Å². The molecule has 2 aromatic rings. The van der Waals surface area contributed by atoms with Crippen LogP contribution in [0.4, 0.5) is 5.69 Å². The minimum Gasteiger partial charge on any atom is -0.454 e. The standard InChI is InChI=1S/C11H7Cl2NO4S2/c12-6-3-8-9(18-5-17-8)4-7(6)14-20(15,16)11-2-1-10(13)19-11/h1-4,14H,5H2. The van der Waals surface area contributed by atoms with E-state index in [0.29, 0.717) is 15.8 Å². The number of thiophene rings is 1. The van der Waals surface area contributed by atoms with Gasteiger partial charge in [0.1, 0.15) is 4.21 Å². The summed E-state index contributed by atoms with van der Waals surface area (Å²) in [7, 11) is -3.73. The molecule has 1 aromatic carbocycles. The Labute approximate surface area is 129 Å². The number of fused-ring (bicyclic) bond motifs is 1. The van der Waals surface area contributed by atoms with Crippen molar-refractivity contribution in [2.45, 2.75) is 4.21 Å². The van der Waals surface area contributed by atoms with Crippen LogP contribution < -0.4 is 14.2 Å². The van der Waals surface area contributed by atoms with Gasteiger partial charge in [0.05, 0.1) is 15.0 Å². The van der Waals surface area contributed by atoms with Crippen LogP contribution in [0.2, 0.25) is 9.36 Å². The average Bonchev–Trinajstić information content (AvgIpc) is 2.98. The van der Waals surface area contributed by atoms with Crippen LogP contribution in [0.25, 0.3) is 0 Å². The van der Waals surface area contributed by atoms with Crippen LogP contribution in [-0.4, -0.2) is 15.2 Å². The largest absolute Gasteiger partial charge is 0.454 e. The lowest BCUT2D eigenvalue weighted by Gasteiger charge is -2.09. The number of halogens is 2. The molecule has 1 aliphatic heterocycles. The number of nitrogens with one attached hydrogen (secondary N) is 1. The van der Waals surface area contributed by atoms with Gasteiger partial charge in [0.15, 0.2) is 11.5 Å². The number of anilines is 1. The first-order valence-electron chi connectivity index (χ1n) is 5.33. The molecule has 1 aliphatic rings. The third-order valence-corrected chi connectivity index (χ3v) is 5.92. The third kappa shape index (κ3) is 2.54. The fraction of sp³-hybridized carbons (Fsp3) is 0.0909. The van der Waals surface area contributed by atoms with Gasteiger partial charge in [0, 0.05) is 12.1 Å². The molecule has 0 atom stereocenters. The van der Waals surface area contributed by atoms with Crippen molar-refractivity contribution in [1.29, 1.82) is 0 Å².